The molecule has 1 atom stereocenters. The summed E-state index contributed by atoms with van der Waals surface area (Å²) in [6.45, 7) is 0. The molecule has 1 aromatic carbocycles. The van der Waals surface area contributed by atoms with E-state index in [9.17, 15) is 4.79 Å². The number of nitrogens with zero attached hydrogens (tertiary/aromatic N) is 1. The van der Waals surface area contributed by atoms with Gasteiger partial charge in [-0.15, -0.1) is 0 Å². The fraction of sp³-hybridized carbons (Fsp3) is 0.250. The Morgan fingerprint density at radius 2 is 2.25 bits per heavy atom. The molecule has 1 aliphatic carbocycles. The molecule has 20 heavy (non-hydrogen) atoms. The van der Waals surface area contributed by atoms with Gasteiger partial charge in [-0.05, 0) is 31.2 Å². The van der Waals surface area contributed by atoms with Crippen molar-refractivity contribution in [1.82, 2.24) is 10.4 Å². The van der Waals surface area contributed by atoms with E-state index in [4.69, 9.17) is 0 Å². The van der Waals surface area contributed by atoms with Gasteiger partial charge in [-0.25, -0.2) is 5.43 Å². The third kappa shape index (κ3) is 2.64. The second kappa shape index (κ2) is 5.74. The van der Waals surface area contributed by atoms with Crippen molar-refractivity contribution in [2.45, 2.75) is 19.3 Å². The van der Waals surface area contributed by atoms with Gasteiger partial charge in [0.2, 0.25) is 0 Å². The molecule has 0 aliphatic heterocycles. The van der Waals surface area contributed by atoms with E-state index in [1.165, 1.54) is 0 Å². The maximum absolute atomic E-state index is 12.1. The molecule has 3 rings (SSSR count). The van der Waals surface area contributed by atoms with Crippen molar-refractivity contribution in [3.05, 3.63) is 48.2 Å². The van der Waals surface area contributed by atoms with Crippen molar-refractivity contribution in [1.29, 1.82) is 0 Å². The summed E-state index contributed by atoms with van der Waals surface area (Å²) in [6.07, 6.45) is 11.1. The quantitative estimate of drug-likeness (QED) is 0.500. The molecule has 1 amide bonds. The van der Waals surface area contributed by atoms with Gasteiger partial charge in [0.25, 0.3) is 5.91 Å². The van der Waals surface area contributed by atoms with E-state index < -0.39 is 0 Å². The summed E-state index contributed by atoms with van der Waals surface area (Å²) in [5.41, 5.74) is 4.19. The molecule has 2 N–H and O–H groups in total. The number of hydrazone groups is 1. The fourth-order valence-electron chi connectivity index (χ4n) is 2.47. The molecule has 1 heterocycles. The number of benzene rings is 1. The minimum Gasteiger partial charge on any atom is -0.360 e. The minimum atomic E-state index is -0.176. The number of H-pyrrole nitrogens is 1. The van der Waals surface area contributed by atoms with Crippen LogP contribution in [0.15, 0.2) is 47.7 Å². The van der Waals surface area contributed by atoms with Crippen molar-refractivity contribution >= 4 is 23.0 Å². The van der Waals surface area contributed by atoms with Gasteiger partial charge >= 0.3 is 0 Å². The van der Waals surface area contributed by atoms with Gasteiger partial charge in [-0.1, -0.05) is 30.4 Å². The molecule has 1 aliphatic rings. The average molecular weight is 267 g/mol. The zero-order valence-corrected chi connectivity index (χ0v) is 11.2. The Morgan fingerprint density at radius 3 is 3.10 bits per heavy atom. The van der Waals surface area contributed by atoms with Crippen LogP contribution in [0.4, 0.5) is 0 Å². The number of carbonyl (C=O) groups is 1. The van der Waals surface area contributed by atoms with Gasteiger partial charge in [0.1, 0.15) is 0 Å². The topological polar surface area (TPSA) is 57.2 Å². The maximum atomic E-state index is 12.1. The lowest BCUT2D eigenvalue weighted by atomic mass is 9.96. The van der Waals surface area contributed by atoms with Gasteiger partial charge in [-0.2, -0.15) is 5.10 Å². The first-order chi connectivity index (χ1) is 9.84. The smallest absolute Gasteiger partial charge is 0.273 e. The lowest BCUT2D eigenvalue weighted by molar-refractivity contribution is 0.0956. The SMILES string of the molecule is O=C(N/N=C/C1CC=CCC1)c1c[nH]c2ccccc12. The van der Waals surface area contributed by atoms with Crippen LogP contribution in [0.5, 0.6) is 0 Å². The number of hydrogen-bond donors (Lipinski definition) is 2. The van der Waals surface area contributed by atoms with E-state index in [1.54, 1.807) is 6.20 Å². The molecular weight excluding hydrogens is 250 g/mol. The average Bonchev–Trinajstić information content (AvgIpc) is 2.92. The van der Waals surface area contributed by atoms with Crippen LogP contribution < -0.4 is 5.43 Å². The first-order valence-corrected chi connectivity index (χ1v) is 6.89. The molecule has 4 nitrogen and oxygen atoms in total. The van der Waals surface area contributed by atoms with Gasteiger partial charge in [0.15, 0.2) is 0 Å². The fourth-order valence-corrected chi connectivity index (χ4v) is 2.47. The second-order valence-electron chi connectivity index (χ2n) is 5.01. The first-order valence-electron chi connectivity index (χ1n) is 6.89. The highest BCUT2D eigenvalue weighted by Gasteiger charge is 2.11. The first kappa shape index (κ1) is 12.7. The summed E-state index contributed by atoms with van der Waals surface area (Å²) in [5.74, 6) is 0.258. The lowest BCUT2D eigenvalue weighted by Crippen LogP contribution is -2.18. The third-order valence-electron chi connectivity index (χ3n) is 3.59. The molecule has 0 saturated carbocycles. The summed E-state index contributed by atoms with van der Waals surface area (Å²) < 4.78 is 0. The molecule has 102 valence electrons. The Balaban J connectivity index is 1.67. The van der Waals surface area contributed by atoms with Crippen LogP contribution in [0.3, 0.4) is 0 Å². The Kier molecular flexibility index (Phi) is 3.63. The standard InChI is InChI=1S/C16H17N3O/c20-16(19-18-10-12-6-2-1-3-7-12)14-11-17-15-9-5-4-8-13(14)15/h1-2,4-5,8-12,17H,3,6-7H2,(H,19,20)/b18-10+. The number of rotatable bonds is 3. The van der Waals surface area contributed by atoms with Crippen molar-refractivity contribution in [3.8, 4) is 0 Å². The second-order valence-corrected chi connectivity index (χ2v) is 5.01. The molecule has 2 aromatic rings. The van der Waals surface area contributed by atoms with Crippen LogP contribution in [0, 0.1) is 5.92 Å². The van der Waals surface area contributed by atoms with E-state index in [2.05, 4.69) is 27.7 Å². The Bertz CT molecular complexity index is 669. The van der Waals surface area contributed by atoms with E-state index in [0.717, 1.165) is 30.2 Å². The van der Waals surface area contributed by atoms with Gasteiger partial charge in [0.05, 0.1) is 5.56 Å². The summed E-state index contributed by atoms with van der Waals surface area (Å²) in [6, 6.07) is 7.74. The van der Waals surface area contributed by atoms with Gasteiger partial charge in [0, 0.05) is 23.3 Å². The van der Waals surface area contributed by atoms with Crippen LogP contribution in [-0.4, -0.2) is 17.1 Å². The Hall–Kier alpha value is -2.36. The van der Waals surface area contributed by atoms with Gasteiger partial charge in [-0.3, -0.25) is 4.79 Å². The maximum Gasteiger partial charge on any atom is 0.273 e. The van der Waals surface area contributed by atoms with Crippen LogP contribution in [0.1, 0.15) is 29.6 Å². The number of hydrogen-bond acceptors (Lipinski definition) is 2. The molecule has 0 saturated heterocycles. The number of aromatic nitrogens is 1. The molecule has 0 fully saturated rings. The third-order valence-corrected chi connectivity index (χ3v) is 3.59. The predicted octanol–water partition coefficient (Wildman–Crippen LogP) is 3.24. The largest absolute Gasteiger partial charge is 0.360 e. The van der Waals surface area contributed by atoms with E-state index in [-0.39, 0.29) is 5.91 Å². The normalized spacial score (nSPS) is 18.7. The molecule has 0 radical (unpaired) electrons. The lowest BCUT2D eigenvalue weighted by Gasteiger charge is -2.11. The summed E-state index contributed by atoms with van der Waals surface area (Å²) in [7, 11) is 0. The molecule has 1 aromatic heterocycles. The zero-order valence-electron chi connectivity index (χ0n) is 11.2. The van der Waals surface area contributed by atoms with Crippen LogP contribution >= 0.6 is 0 Å². The summed E-state index contributed by atoms with van der Waals surface area (Å²) in [4.78, 5) is 15.2. The number of carbonyl (C=O) groups excluding carboxylic acids is 1. The highest BCUT2D eigenvalue weighted by atomic mass is 16.2. The van der Waals surface area contributed by atoms with Crippen LogP contribution in [0.25, 0.3) is 10.9 Å². The zero-order chi connectivity index (χ0) is 13.8. The number of amides is 1. The summed E-state index contributed by atoms with van der Waals surface area (Å²) in [5, 5.41) is 5.00. The van der Waals surface area contributed by atoms with Crippen molar-refractivity contribution < 1.29 is 4.79 Å². The van der Waals surface area contributed by atoms with Gasteiger partial charge < -0.3 is 4.98 Å². The minimum absolute atomic E-state index is 0.176. The molecule has 1 unspecified atom stereocenters. The summed E-state index contributed by atoms with van der Waals surface area (Å²) >= 11 is 0. The van der Waals surface area contributed by atoms with E-state index in [0.29, 0.717) is 11.5 Å². The highest BCUT2D eigenvalue weighted by molar-refractivity contribution is 6.06. The monoisotopic (exact) mass is 267 g/mol. The number of aromatic amines is 1. The van der Waals surface area contributed by atoms with E-state index >= 15 is 0 Å². The van der Waals surface area contributed by atoms with Crippen molar-refractivity contribution in [3.63, 3.8) is 0 Å². The number of fused-ring (bicyclic) bond motifs is 1. The number of nitrogens with one attached hydrogen (secondary N) is 2. The Morgan fingerprint density at radius 1 is 1.35 bits per heavy atom. The van der Waals surface area contributed by atoms with Crippen LogP contribution in [0.2, 0.25) is 0 Å². The molecule has 0 spiro atoms. The molecule has 0 bridgehead atoms. The molecular formula is C16H17N3O. The molecule has 4 heteroatoms. The van der Waals surface area contributed by atoms with Crippen molar-refractivity contribution in [2.75, 3.05) is 0 Å². The van der Waals surface area contributed by atoms with E-state index in [1.807, 2.05) is 30.5 Å². The Labute approximate surface area is 117 Å². The van der Waals surface area contributed by atoms with Crippen LogP contribution in [-0.2, 0) is 0 Å². The number of para-hydroxylation sites is 1. The highest BCUT2D eigenvalue weighted by Crippen LogP contribution is 2.18. The van der Waals surface area contributed by atoms with Crippen molar-refractivity contribution in [2.24, 2.45) is 11.0 Å². The predicted molar refractivity (Wildman–Crippen MR) is 80.7 cm³/mol. The number of allylic oxidation sites excluding steroid dienone is 2.